The van der Waals surface area contributed by atoms with Crippen molar-refractivity contribution in [3.05, 3.63) is 21.9 Å². The molecular formula is C21H29F2N3O2S. The first-order valence-electron chi connectivity index (χ1n) is 10.6. The number of nitrogens with one attached hydrogen (secondary N) is 2. The summed E-state index contributed by atoms with van der Waals surface area (Å²) < 4.78 is 26.5. The minimum Gasteiger partial charge on any atom is -0.349 e. The molecule has 8 heteroatoms. The molecule has 2 N–H and O–H groups in total. The largest absolute Gasteiger partial charge is 0.349 e. The first kappa shape index (κ1) is 20.7. The predicted molar refractivity (Wildman–Crippen MR) is 109 cm³/mol. The average Bonchev–Trinajstić information content (AvgIpc) is 3.26. The predicted octanol–water partition coefficient (Wildman–Crippen LogP) is 3.51. The van der Waals surface area contributed by atoms with Crippen LogP contribution in [0.1, 0.15) is 73.0 Å². The fraction of sp³-hybridized carbons (Fsp3) is 0.714. The Morgan fingerprint density at radius 1 is 1.14 bits per heavy atom. The highest BCUT2D eigenvalue weighted by Gasteiger charge is 2.41. The van der Waals surface area contributed by atoms with Gasteiger partial charge in [-0.15, -0.1) is 11.3 Å². The van der Waals surface area contributed by atoms with Crippen molar-refractivity contribution in [2.45, 2.75) is 81.8 Å². The number of rotatable bonds is 5. The highest BCUT2D eigenvalue weighted by Crippen LogP contribution is 2.43. The molecule has 1 aliphatic heterocycles. The number of likely N-dealkylation sites (tertiary alicyclic amines) is 1. The first-order chi connectivity index (χ1) is 13.8. The van der Waals surface area contributed by atoms with Gasteiger partial charge >= 0.3 is 0 Å². The number of amides is 2. The van der Waals surface area contributed by atoms with E-state index in [1.165, 1.54) is 16.9 Å². The zero-order valence-corrected chi connectivity index (χ0v) is 17.6. The molecule has 0 spiro atoms. The van der Waals surface area contributed by atoms with Crippen LogP contribution in [0.4, 0.5) is 8.78 Å². The van der Waals surface area contributed by atoms with Crippen LogP contribution in [0.3, 0.4) is 0 Å². The number of halogens is 2. The molecule has 0 radical (unpaired) electrons. The molecule has 2 heterocycles. The van der Waals surface area contributed by atoms with E-state index in [1.807, 2.05) is 11.0 Å². The molecule has 1 aromatic heterocycles. The Hall–Kier alpha value is -1.54. The Balaban J connectivity index is 1.23. The maximum atomic E-state index is 13.3. The van der Waals surface area contributed by atoms with E-state index >= 15 is 0 Å². The fourth-order valence-corrected chi connectivity index (χ4v) is 5.39. The second kappa shape index (κ2) is 8.30. The van der Waals surface area contributed by atoms with E-state index in [9.17, 15) is 18.4 Å². The lowest BCUT2D eigenvalue weighted by molar-refractivity contribution is -0.129. The van der Waals surface area contributed by atoms with Gasteiger partial charge in [-0.25, -0.2) is 8.78 Å². The molecule has 2 atom stereocenters. The van der Waals surface area contributed by atoms with Crippen LogP contribution in [-0.2, 0) is 4.79 Å². The van der Waals surface area contributed by atoms with Crippen LogP contribution < -0.4 is 10.6 Å². The second-order valence-electron chi connectivity index (χ2n) is 8.74. The van der Waals surface area contributed by atoms with E-state index in [-0.39, 0.29) is 30.7 Å². The van der Waals surface area contributed by atoms with Crippen molar-refractivity contribution >= 4 is 23.2 Å². The standard InChI is InChI=1S/C21H29F2N3O2S/c1-13(27)26-8-4-16(5-9-26)24-18-11-17(18)14-10-19(29-12-14)20(28)25-15-2-6-21(22,23)7-3-15/h10,12,15-18,24H,2-9,11H2,1H3,(H,25,28)/t17-,18?/m0/s1. The highest BCUT2D eigenvalue weighted by atomic mass is 32.1. The molecule has 1 saturated heterocycles. The normalized spacial score (nSPS) is 27.6. The monoisotopic (exact) mass is 425 g/mol. The fourth-order valence-electron chi connectivity index (χ4n) is 4.52. The molecule has 2 saturated carbocycles. The second-order valence-corrected chi connectivity index (χ2v) is 9.65. The third-order valence-corrected chi connectivity index (χ3v) is 7.45. The molecule has 29 heavy (non-hydrogen) atoms. The number of carbonyl (C=O) groups is 2. The zero-order chi connectivity index (χ0) is 20.6. The smallest absolute Gasteiger partial charge is 0.261 e. The molecule has 2 aliphatic carbocycles. The number of nitrogens with zero attached hydrogens (tertiary/aromatic N) is 1. The summed E-state index contributed by atoms with van der Waals surface area (Å²) in [6.07, 6.45) is 3.44. The van der Waals surface area contributed by atoms with Gasteiger partial charge in [0.15, 0.2) is 0 Å². The summed E-state index contributed by atoms with van der Waals surface area (Å²) in [5, 5.41) is 8.68. The van der Waals surface area contributed by atoms with Gasteiger partial charge in [0.05, 0.1) is 4.88 Å². The number of hydrogen-bond donors (Lipinski definition) is 2. The molecule has 3 aliphatic rings. The summed E-state index contributed by atoms with van der Waals surface area (Å²) in [6.45, 7) is 3.26. The van der Waals surface area contributed by atoms with Crippen LogP contribution in [0.2, 0.25) is 0 Å². The Morgan fingerprint density at radius 3 is 2.48 bits per heavy atom. The van der Waals surface area contributed by atoms with E-state index in [2.05, 4.69) is 16.0 Å². The highest BCUT2D eigenvalue weighted by molar-refractivity contribution is 7.12. The first-order valence-corrected chi connectivity index (χ1v) is 11.5. The molecule has 4 rings (SSSR count). The molecule has 160 valence electrons. The molecule has 1 aromatic rings. The molecular weight excluding hydrogens is 396 g/mol. The van der Waals surface area contributed by atoms with Crippen molar-refractivity contribution in [3.63, 3.8) is 0 Å². The number of carbonyl (C=O) groups excluding carboxylic acids is 2. The van der Waals surface area contributed by atoms with Gasteiger partial charge < -0.3 is 15.5 Å². The molecule has 5 nitrogen and oxygen atoms in total. The SMILES string of the molecule is CC(=O)N1CCC(NC2C[C@H]2c2csc(C(=O)NC3CCC(F)(F)CC3)c2)CC1. The van der Waals surface area contributed by atoms with Gasteiger partial charge in [0.25, 0.3) is 5.91 Å². The van der Waals surface area contributed by atoms with E-state index in [0.717, 1.165) is 32.4 Å². The van der Waals surface area contributed by atoms with Crippen molar-refractivity contribution < 1.29 is 18.4 Å². The van der Waals surface area contributed by atoms with Gasteiger partial charge in [-0.2, -0.15) is 0 Å². The lowest BCUT2D eigenvalue weighted by Gasteiger charge is -2.32. The number of piperidine rings is 1. The van der Waals surface area contributed by atoms with Gasteiger partial charge in [0.1, 0.15) is 0 Å². The van der Waals surface area contributed by atoms with Crippen LogP contribution in [-0.4, -0.2) is 53.9 Å². The Labute approximate surface area is 174 Å². The van der Waals surface area contributed by atoms with E-state index < -0.39 is 5.92 Å². The molecule has 2 amide bonds. The summed E-state index contributed by atoms with van der Waals surface area (Å²) in [5.41, 5.74) is 1.19. The molecule has 0 aromatic carbocycles. The summed E-state index contributed by atoms with van der Waals surface area (Å²) in [6, 6.07) is 2.70. The Morgan fingerprint density at radius 2 is 1.83 bits per heavy atom. The van der Waals surface area contributed by atoms with Crippen LogP contribution in [0.15, 0.2) is 11.4 Å². The van der Waals surface area contributed by atoms with Crippen molar-refractivity contribution in [1.82, 2.24) is 15.5 Å². The van der Waals surface area contributed by atoms with Gasteiger partial charge in [0.2, 0.25) is 11.8 Å². The van der Waals surface area contributed by atoms with Gasteiger partial charge in [-0.3, -0.25) is 9.59 Å². The van der Waals surface area contributed by atoms with E-state index in [1.54, 1.807) is 6.92 Å². The summed E-state index contributed by atoms with van der Waals surface area (Å²) in [5.74, 6) is -2.13. The third-order valence-electron chi connectivity index (χ3n) is 6.50. The Kier molecular flexibility index (Phi) is 5.93. The van der Waals surface area contributed by atoms with E-state index in [4.69, 9.17) is 0 Å². The van der Waals surface area contributed by atoms with Crippen LogP contribution >= 0.6 is 11.3 Å². The lowest BCUT2D eigenvalue weighted by atomic mass is 9.92. The van der Waals surface area contributed by atoms with Crippen molar-refractivity contribution in [2.75, 3.05) is 13.1 Å². The van der Waals surface area contributed by atoms with Gasteiger partial charge in [-0.05, 0) is 49.1 Å². The Bertz CT molecular complexity index is 751. The van der Waals surface area contributed by atoms with Crippen molar-refractivity contribution in [1.29, 1.82) is 0 Å². The van der Waals surface area contributed by atoms with Gasteiger partial charge in [0, 0.05) is 56.9 Å². The third kappa shape index (κ3) is 5.15. The van der Waals surface area contributed by atoms with E-state index in [0.29, 0.717) is 35.7 Å². The van der Waals surface area contributed by atoms with Crippen molar-refractivity contribution in [3.8, 4) is 0 Å². The quantitative estimate of drug-likeness (QED) is 0.759. The topological polar surface area (TPSA) is 61.4 Å². The van der Waals surface area contributed by atoms with Gasteiger partial charge in [-0.1, -0.05) is 0 Å². The number of thiophene rings is 1. The summed E-state index contributed by atoms with van der Waals surface area (Å²) in [4.78, 5) is 26.5. The van der Waals surface area contributed by atoms with Crippen LogP contribution in [0.25, 0.3) is 0 Å². The summed E-state index contributed by atoms with van der Waals surface area (Å²) >= 11 is 1.43. The average molecular weight is 426 g/mol. The minimum atomic E-state index is -2.58. The zero-order valence-electron chi connectivity index (χ0n) is 16.8. The molecule has 1 unspecified atom stereocenters. The maximum absolute atomic E-state index is 13.3. The molecule has 0 bridgehead atoms. The number of hydrogen-bond acceptors (Lipinski definition) is 4. The summed E-state index contributed by atoms with van der Waals surface area (Å²) in [7, 11) is 0. The van der Waals surface area contributed by atoms with Crippen molar-refractivity contribution in [2.24, 2.45) is 0 Å². The maximum Gasteiger partial charge on any atom is 0.261 e. The molecule has 3 fully saturated rings. The number of alkyl halides is 2. The lowest BCUT2D eigenvalue weighted by Crippen LogP contribution is -2.45. The van der Waals surface area contributed by atoms with Crippen LogP contribution in [0.5, 0.6) is 0 Å². The minimum absolute atomic E-state index is 0.141. The van der Waals surface area contributed by atoms with Crippen LogP contribution in [0, 0.1) is 0 Å².